The zero-order chi connectivity index (χ0) is 13.3. The van der Waals surface area contributed by atoms with Crippen LogP contribution >= 0.6 is 11.6 Å². The van der Waals surface area contributed by atoms with E-state index in [2.05, 4.69) is 9.97 Å². The Hall–Kier alpha value is -1.68. The van der Waals surface area contributed by atoms with Crippen molar-refractivity contribution in [2.45, 2.75) is 20.8 Å². The van der Waals surface area contributed by atoms with Crippen LogP contribution in [0.4, 0.5) is 4.39 Å². The molecule has 0 fully saturated rings. The highest BCUT2D eigenvalue weighted by Gasteiger charge is 2.10. The molecular weight excluding hydrogens is 255 g/mol. The maximum absolute atomic E-state index is 13.1. The second-order valence-corrected chi connectivity index (χ2v) is 4.36. The van der Waals surface area contributed by atoms with E-state index in [1.807, 2.05) is 0 Å². The van der Waals surface area contributed by atoms with Gasteiger partial charge in [-0.3, -0.25) is 0 Å². The van der Waals surface area contributed by atoms with Crippen LogP contribution < -0.4 is 4.74 Å². The summed E-state index contributed by atoms with van der Waals surface area (Å²) in [6.45, 7) is 5.18. The number of ether oxygens (including phenoxy) is 1. The minimum absolute atomic E-state index is 0.268. The highest BCUT2D eigenvalue weighted by Crippen LogP contribution is 2.27. The fourth-order valence-corrected chi connectivity index (χ4v) is 1.66. The van der Waals surface area contributed by atoms with Crippen LogP contribution in [0.1, 0.15) is 17.0 Å². The normalized spacial score (nSPS) is 10.5. The van der Waals surface area contributed by atoms with Crippen LogP contribution in [0.2, 0.25) is 5.15 Å². The van der Waals surface area contributed by atoms with Gasteiger partial charge in [-0.25, -0.2) is 9.37 Å². The van der Waals surface area contributed by atoms with Crippen molar-refractivity contribution in [2.75, 3.05) is 0 Å². The largest absolute Gasteiger partial charge is 0.439 e. The van der Waals surface area contributed by atoms with Crippen LogP contribution in [-0.2, 0) is 0 Å². The van der Waals surface area contributed by atoms with Crippen molar-refractivity contribution in [3.05, 3.63) is 46.1 Å². The van der Waals surface area contributed by atoms with Crippen molar-refractivity contribution in [2.24, 2.45) is 0 Å². The highest BCUT2D eigenvalue weighted by molar-refractivity contribution is 6.30. The maximum atomic E-state index is 13.1. The first kappa shape index (κ1) is 12.8. The Labute approximate surface area is 110 Å². The third kappa shape index (κ3) is 2.59. The highest BCUT2D eigenvalue weighted by atomic mass is 35.5. The van der Waals surface area contributed by atoms with E-state index in [9.17, 15) is 4.39 Å². The molecule has 18 heavy (non-hydrogen) atoms. The van der Waals surface area contributed by atoms with E-state index in [4.69, 9.17) is 16.3 Å². The topological polar surface area (TPSA) is 35.0 Å². The molecular formula is C13H12ClFN2O. The molecule has 1 aromatic carbocycles. The fourth-order valence-electron chi connectivity index (χ4n) is 1.46. The van der Waals surface area contributed by atoms with Gasteiger partial charge >= 0.3 is 0 Å². The average molecular weight is 267 g/mol. The summed E-state index contributed by atoms with van der Waals surface area (Å²) in [7, 11) is 0. The summed E-state index contributed by atoms with van der Waals surface area (Å²) in [5, 5.41) is 0.358. The summed E-state index contributed by atoms with van der Waals surface area (Å²) in [4.78, 5) is 8.19. The average Bonchev–Trinajstić information content (AvgIpc) is 2.30. The quantitative estimate of drug-likeness (QED) is 0.771. The minimum atomic E-state index is -0.268. The molecule has 0 aliphatic heterocycles. The molecule has 5 heteroatoms. The lowest BCUT2D eigenvalue weighted by molar-refractivity contribution is 0.453. The molecule has 0 aliphatic rings. The van der Waals surface area contributed by atoms with Gasteiger partial charge < -0.3 is 4.74 Å². The number of benzene rings is 1. The van der Waals surface area contributed by atoms with E-state index >= 15 is 0 Å². The Balaban J connectivity index is 2.36. The summed E-state index contributed by atoms with van der Waals surface area (Å²) < 4.78 is 18.7. The van der Waals surface area contributed by atoms with Gasteiger partial charge in [-0.2, -0.15) is 4.98 Å². The third-order valence-electron chi connectivity index (χ3n) is 2.50. The number of rotatable bonds is 2. The summed E-state index contributed by atoms with van der Waals surface area (Å²) in [6.07, 6.45) is 0. The van der Waals surface area contributed by atoms with Gasteiger partial charge in [-0.05, 0) is 44.5 Å². The molecule has 2 rings (SSSR count). The molecule has 0 N–H and O–H groups in total. The lowest BCUT2D eigenvalue weighted by Gasteiger charge is -2.09. The van der Waals surface area contributed by atoms with Crippen molar-refractivity contribution >= 4 is 11.6 Å². The molecule has 1 heterocycles. The Kier molecular flexibility index (Phi) is 3.48. The molecule has 1 aromatic heterocycles. The van der Waals surface area contributed by atoms with Crippen LogP contribution in [0.15, 0.2) is 18.2 Å². The molecule has 0 radical (unpaired) electrons. The molecule has 0 saturated carbocycles. The number of nitrogens with zero attached hydrogens (tertiary/aromatic N) is 2. The molecule has 0 atom stereocenters. The first-order valence-corrected chi connectivity index (χ1v) is 5.80. The van der Waals surface area contributed by atoms with E-state index in [1.165, 1.54) is 6.07 Å². The summed E-state index contributed by atoms with van der Waals surface area (Å²) in [5.41, 5.74) is 1.17. The van der Waals surface area contributed by atoms with E-state index in [1.54, 1.807) is 32.9 Å². The van der Waals surface area contributed by atoms with Gasteiger partial charge in [0.1, 0.15) is 22.5 Å². The Morgan fingerprint density at radius 1 is 1.17 bits per heavy atom. The van der Waals surface area contributed by atoms with Crippen molar-refractivity contribution in [3.63, 3.8) is 0 Å². The van der Waals surface area contributed by atoms with Crippen LogP contribution in [0.25, 0.3) is 0 Å². The molecule has 2 aromatic rings. The van der Waals surface area contributed by atoms with Gasteiger partial charge in [0, 0.05) is 5.56 Å². The van der Waals surface area contributed by atoms with Gasteiger partial charge in [-0.15, -0.1) is 0 Å². The summed E-state index contributed by atoms with van der Waals surface area (Å²) >= 11 is 5.95. The van der Waals surface area contributed by atoms with Crippen LogP contribution in [0, 0.1) is 26.6 Å². The van der Waals surface area contributed by atoms with Gasteiger partial charge in [0.05, 0.1) is 0 Å². The van der Waals surface area contributed by atoms with Crippen LogP contribution in [0.5, 0.6) is 11.6 Å². The number of hydrogen-bond acceptors (Lipinski definition) is 3. The Morgan fingerprint density at radius 2 is 1.89 bits per heavy atom. The number of hydrogen-bond donors (Lipinski definition) is 0. The second kappa shape index (κ2) is 4.90. The number of halogens is 2. The number of aryl methyl sites for hydroxylation is 2. The minimum Gasteiger partial charge on any atom is -0.439 e. The van der Waals surface area contributed by atoms with Crippen molar-refractivity contribution < 1.29 is 9.13 Å². The van der Waals surface area contributed by atoms with Gasteiger partial charge in [0.25, 0.3) is 0 Å². The molecule has 0 saturated heterocycles. The van der Waals surface area contributed by atoms with E-state index < -0.39 is 0 Å². The number of aromatic nitrogens is 2. The zero-order valence-electron chi connectivity index (χ0n) is 10.3. The molecule has 0 bridgehead atoms. The van der Waals surface area contributed by atoms with Gasteiger partial charge in [0.15, 0.2) is 0 Å². The predicted molar refractivity (Wildman–Crippen MR) is 67.7 cm³/mol. The smallest absolute Gasteiger partial charge is 0.226 e. The molecule has 0 amide bonds. The molecule has 94 valence electrons. The van der Waals surface area contributed by atoms with E-state index in [0.717, 1.165) is 0 Å². The van der Waals surface area contributed by atoms with Crippen LogP contribution in [-0.4, -0.2) is 9.97 Å². The molecule has 0 unspecified atom stereocenters. The molecule has 0 aliphatic carbocycles. The first-order chi connectivity index (χ1) is 8.47. The summed E-state index contributed by atoms with van der Waals surface area (Å²) in [6, 6.07) is 4.52. The zero-order valence-corrected chi connectivity index (χ0v) is 11.0. The van der Waals surface area contributed by atoms with Gasteiger partial charge in [-0.1, -0.05) is 11.6 Å². The van der Waals surface area contributed by atoms with Crippen LogP contribution in [0.3, 0.4) is 0 Å². The SMILES string of the molecule is Cc1nc(Cl)c(C)c(Oc2ccc(F)c(C)c2)n1. The van der Waals surface area contributed by atoms with E-state index in [0.29, 0.717) is 33.7 Å². The monoisotopic (exact) mass is 266 g/mol. The predicted octanol–water partition coefficient (Wildman–Crippen LogP) is 3.99. The maximum Gasteiger partial charge on any atom is 0.226 e. The van der Waals surface area contributed by atoms with Gasteiger partial charge in [0.2, 0.25) is 5.88 Å². The van der Waals surface area contributed by atoms with E-state index in [-0.39, 0.29) is 5.82 Å². The first-order valence-electron chi connectivity index (χ1n) is 5.42. The van der Waals surface area contributed by atoms with Crippen molar-refractivity contribution in [3.8, 4) is 11.6 Å². The Bertz CT molecular complexity index is 602. The Morgan fingerprint density at radius 3 is 2.56 bits per heavy atom. The summed E-state index contributed by atoms with van der Waals surface area (Å²) in [5.74, 6) is 1.17. The van der Waals surface area contributed by atoms with Crippen molar-refractivity contribution in [1.29, 1.82) is 0 Å². The lowest BCUT2D eigenvalue weighted by atomic mass is 10.2. The molecule has 0 spiro atoms. The fraction of sp³-hybridized carbons (Fsp3) is 0.231. The lowest BCUT2D eigenvalue weighted by Crippen LogP contribution is -1.98. The standard InChI is InChI=1S/C13H12ClFN2O/c1-7-6-10(4-5-11(7)15)18-13-8(2)12(14)16-9(3)17-13/h4-6H,1-3H3. The third-order valence-corrected chi connectivity index (χ3v) is 2.87. The molecule has 3 nitrogen and oxygen atoms in total. The second-order valence-electron chi connectivity index (χ2n) is 4.00. The van der Waals surface area contributed by atoms with Crippen molar-refractivity contribution in [1.82, 2.24) is 9.97 Å².